The van der Waals surface area contributed by atoms with Crippen LogP contribution in [0.4, 0.5) is 14.6 Å². The van der Waals surface area contributed by atoms with Crippen molar-refractivity contribution in [3.63, 3.8) is 0 Å². The Hall–Kier alpha value is -3.11. The monoisotopic (exact) mass is 511 g/mol. The minimum atomic E-state index is -1.12. The molecule has 0 radical (unpaired) electrons. The Morgan fingerprint density at radius 2 is 2.03 bits per heavy atom. The summed E-state index contributed by atoms with van der Waals surface area (Å²) in [6, 6.07) is 5.02. The van der Waals surface area contributed by atoms with Gasteiger partial charge in [0.05, 0.1) is 30.5 Å². The smallest absolute Gasteiger partial charge is 0.186 e. The number of ether oxygens (including phenoxy) is 1. The molecule has 2 aromatic heterocycles. The molecule has 2 atom stereocenters. The van der Waals surface area contributed by atoms with Crippen molar-refractivity contribution < 1.29 is 13.5 Å². The number of piperidine rings is 1. The topological polar surface area (TPSA) is 71.3 Å². The van der Waals surface area contributed by atoms with E-state index >= 15 is 4.39 Å². The van der Waals surface area contributed by atoms with Crippen LogP contribution in [0.25, 0.3) is 11.3 Å². The molecule has 0 amide bonds. The Morgan fingerprint density at radius 1 is 1.19 bits per heavy atom. The number of benzene rings is 1. The molecular weight excluding hydrogens is 476 g/mol. The fraction of sp³-hybridized carbons (Fsp3) is 0.519. The summed E-state index contributed by atoms with van der Waals surface area (Å²) >= 11 is 0. The van der Waals surface area contributed by atoms with Crippen molar-refractivity contribution in [2.75, 3.05) is 38.1 Å². The van der Waals surface area contributed by atoms with Crippen LogP contribution in [0.1, 0.15) is 44.0 Å². The van der Waals surface area contributed by atoms with Crippen molar-refractivity contribution in [3.05, 3.63) is 54.1 Å². The van der Waals surface area contributed by atoms with Gasteiger partial charge in [-0.3, -0.25) is 5.43 Å². The number of aryl methyl sites for hydroxylation is 1. The number of imidazole rings is 1. The Balaban J connectivity index is 1.33. The van der Waals surface area contributed by atoms with Crippen molar-refractivity contribution in [1.29, 1.82) is 0 Å². The fourth-order valence-electron chi connectivity index (χ4n) is 4.89. The van der Waals surface area contributed by atoms with Gasteiger partial charge >= 0.3 is 0 Å². The molecule has 0 bridgehead atoms. The summed E-state index contributed by atoms with van der Waals surface area (Å²) in [6.07, 6.45) is 5.74. The quantitative estimate of drug-likeness (QED) is 0.456. The number of nitrogens with zero attached hydrogens (tertiary/aromatic N) is 6. The fourth-order valence-corrected chi connectivity index (χ4v) is 4.89. The van der Waals surface area contributed by atoms with E-state index < -0.39 is 6.17 Å². The molecule has 0 saturated carbocycles. The first kappa shape index (κ1) is 25.5. The molecule has 2 fully saturated rings. The molecule has 0 aliphatic carbocycles. The molecule has 8 nitrogen and oxygen atoms in total. The number of nitrogens with one attached hydrogen (secondary N) is 1. The third-order valence-electron chi connectivity index (χ3n) is 7.05. The summed E-state index contributed by atoms with van der Waals surface area (Å²) in [7, 11) is 0. The number of hydrogen-bond acceptors (Lipinski definition) is 7. The number of halogens is 2. The molecule has 2 unspecified atom stereocenters. The molecule has 10 heteroatoms. The maximum Gasteiger partial charge on any atom is 0.186 e. The summed E-state index contributed by atoms with van der Waals surface area (Å²) in [5.74, 6) is 1.25. The number of rotatable bonds is 9. The van der Waals surface area contributed by atoms with Crippen LogP contribution in [0, 0.1) is 12.7 Å². The van der Waals surface area contributed by atoms with E-state index in [4.69, 9.17) is 9.72 Å². The van der Waals surface area contributed by atoms with Gasteiger partial charge < -0.3 is 14.2 Å². The average Bonchev–Trinajstić information content (AvgIpc) is 3.25. The lowest BCUT2D eigenvalue weighted by atomic mass is 9.94. The van der Waals surface area contributed by atoms with Crippen LogP contribution in [0.3, 0.4) is 0 Å². The summed E-state index contributed by atoms with van der Waals surface area (Å²) in [6.45, 7) is 10.3. The molecule has 37 heavy (non-hydrogen) atoms. The number of likely N-dealkylation sites (tertiary alicyclic amines) is 1. The lowest BCUT2D eigenvalue weighted by Gasteiger charge is -2.35. The highest BCUT2D eigenvalue weighted by Gasteiger charge is 2.34. The molecule has 2 saturated heterocycles. The van der Waals surface area contributed by atoms with Crippen molar-refractivity contribution in [3.8, 4) is 17.0 Å². The van der Waals surface area contributed by atoms with E-state index in [0.29, 0.717) is 30.1 Å². The van der Waals surface area contributed by atoms with Gasteiger partial charge in [-0.1, -0.05) is 0 Å². The van der Waals surface area contributed by atoms with E-state index in [1.165, 1.54) is 18.8 Å². The number of alkyl halides is 1. The molecule has 2 aliphatic heterocycles. The normalized spacial score (nSPS) is 20.7. The largest absolute Gasteiger partial charge is 0.485 e. The molecule has 2 aliphatic rings. The highest BCUT2D eigenvalue weighted by Crippen LogP contribution is 2.33. The van der Waals surface area contributed by atoms with Gasteiger partial charge in [-0.15, -0.1) is 0 Å². The first-order valence-corrected chi connectivity index (χ1v) is 13.1. The summed E-state index contributed by atoms with van der Waals surface area (Å²) in [5.41, 5.74) is 5.39. The van der Waals surface area contributed by atoms with Crippen LogP contribution in [0.2, 0.25) is 0 Å². The molecule has 3 aromatic rings. The SMILES string of the molecule is Cc1cc(-c2cn(CCN3CCC3)c(C3CCN(Nc4ncncc4OC(C)C)CC3F)n2)ccc1F. The van der Waals surface area contributed by atoms with Crippen molar-refractivity contribution in [1.82, 2.24) is 29.4 Å². The maximum atomic E-state index is 15.7. The van der Waals surface area contributed by atoms with Crippen LogP contribution < -0.4 is 10.2 Å². The number of anilines is 1. The van der Waals surface area contributed by atoms with Crippen LogP contribution in [-0.2, 0) is 6.54 Å². The van der Waals surface area contributed by atoms with Gasteiger partial charge in [-0.05, 0) is 70.5 Å². The van der Waals surface area contributed by atoms with Crippen molar-refractivity contribution >= 4 is 5.82 Å². The first-order valence-electron chi connectivity index (χ1n) is 13.1. The standard InChI is InChI=1S/C27H35F2N7O/c1-18(2)37-25-14-30-17-31-26(25)33-36-10-7-21(23(29)15-36)27-32-24(20-5-6-22(28)19(3)13-20)16-35(27)12-11-34-8-4-9-34/h5-6,13-14,16-18,21,23H,4,7-12,15H2,1-3H3,(H,30,31,33). The van der Waals surface area contributed by atoms with Crippen LogP contribution in [-0.4, -0.2) is 74.4 Å². The predicted molar refractivity (Wildman–Crippen MR) is 139 cm³/mol. The van der Waals surface area contributed by atoms with Gasteiger partial charge in [0.25, 0.3) is 0 Å². The Labute approximate surface area is 216 Å². The molecule has 198 valence electrons. The van der Waals surface area contributed by atoms with E-state index in [-0.39, 0.29) is 24.4 Å². The summed E-state index contributed by atoms with van der Waals surface area (Å²) in [5, 5.41) is 1.84. The minimum Gasteiger partial charge on any atom is -0.485 e. The molecule has 4 heterocycles. The zero-order chi connectivity index (χ0) is 25.9. The molecule has 0 spiro atoms. The first-order chi connectivity index (χ1) is 17.9. The van der Waals surface area contributed by atoms with Gasteiger partial charge in [0.15, 0.2) is 11.6 Å². The predicted octanol–water partition coefficient (Wildman–Crippen LogP) is 4.44. The molecule has 1 aromatic carbocycles. The molecular formula is C27H35F2N7O. The third-order valence-corrected chi connectivity index (χ3v) is 7.05. The van der Waals surface area contributed by atoms with Gasteiger partial charge in [0.2, 0.25) is 0 Å². The van der Waals surface area contributed by atoms with E-state index in [9.17, 15) is 4.39 Å². The van der Waals surface area contributed by atoms with Crippen LogP contribution in [0.15, 0.2) is 36.9 Å². The highest BCUT2D eigenvalue weighted by atomic mass is 19.1. The number of hydrogen-bond donors (Lipinski definition) is 1. The van der Waals surface area contributed by atoms with Crippen molar-refractivity contribution in [2.45, 2.75) is 58.4 Å². The van der Waals surface area contributed by atoms with E-state index in [2.05, 4.69) is 24.9 Å². The van der Waals surface area contributed by atoms with E-state index in [0.717, 1.165) is 43.3 Å². The second kappa shape index (κ2) is 11.1. The second-order valence-corrected chi connectivity index (χ2v) is 10.2. The van der Waals surface area contributed by atoms with Gasteiger partial charge in [-0.25, -0.2) is 28.7 Å². The van der Waals surface area contributed by atoms with Crippen LogP contribution in [0.5, 0.6) is 5.75 Å². The zero-order valence-electron chi connectivity index (χ0n) is 21.7. The Kier molecular flexibility index (Phi) is 7.66. The van der Waals surface area contributed by atoms with Gasteiger partial charge in [-0.2, -0.15) is 0 Å². The Morgan fingerprint density at radius 3 is 2.73 bits per heavy atom. The second-order valence-electron chi connectivity index (χ2n) is 10.2. The molecule has 5 rings (SSSR count). The van der Waals surface area contributed by atoms with Gasteiger partial charge in [0.1, 0.15) is 24.1 Å². The van der Waals surface area contributed by atoms with E-state index in [1.54, 1.807) is 25.3 Å². The Bertz CT molecular complexity index is 1210. The third kappa shape index (κ3) is 5.91. The number of hydrazine groups is 1. The van der Waals surface area contributed by atoms with E-state index in [1.807, 2.05) is 25.1 Å². The lowest BCUT2D eigenvalue weighted by Crippen LogP contribution is -2.45. The van der Waals surface area contributed by atoms with Crippen molar-refractivity contribution in [2.24, 2.45) is 0 Å². The highest BCUT2D eigenvalue weighted by molar-refractivity contribution is 5.60. The maximum absolute atomic E-state index is 15.7. The van der Waals surface area contributed by atoms with Gasteiger partial charge in [0, 0.05) is 31.4 Å². The van der Waals surface area contributed by atoms with Crippen LogP contribution >= 0.6 is 0 Å². The summed E-state index contributed by atoms with van der Waals surface area (Å²) < 4.78 is 37.5. The minimum absolute atomic E-state index is 0.0274. The lowest BCUT2D eigenvalue weighted by molar-refractivity contribution is 0.129. The molecule has 1 N–H and O–H groups in total. The summed E-state index contributed by atoms with van der Waals surface area (Å²) in [4.78, 5) is 15.6. The average molecular weight is 512 g/mol. The number of aromatic nitrogens is 4. The zero-order valence-corrected chi connectivity index (χ0v) is 21.7.